The van der Waals surface area contributed by atoms with Crippen molar-refractivity contribution in [2.45, 2.75) is 25.6 Å². The maximum absolute atomic E-state index is 9.03. The van der Waals surface area contributed by atoms with E-state index in [1.54, 1.807) is 0 Å². The number of ether oxygens (including phenoxy) is 1. The molecule has 0 rings (SSSR count). The molecule has 0 radical (unpaired) electrons. The molecule has 0 unspecified atom stereocenters. The van der Waals surface area contributed by atoms with Crippen LogP contribution in [0.2, 0.25) is 19.1 Å². The molecule has 0 fully saturated rings. The van der Waals surface area contributed by atoms with Gasteiger partial charge in [-0.15, -0.1) is 0 Å². The van der Waals surface area contributed by atoms with Crippen molar-refractivity contribution < 1.29 is 20.1 Å². The van der Waals surface area contributed by atoms with Crippen LogP contribution >= 0.6 is 0 Å². The molecule has 0 aromatic heterocycles. The number of rotatable bonds is 9. The highest BCUT2D eigenvalue weighted by Crippen LogP contribution is 2.15. The molecular weight excluding hydrogens is 212 g/mol. The van der Waals surface area contributed by atoms with Crippen LogP contribution < -0.4 is 0 Å². The molecule has 4 nitrogen and oxygen atoms in total. The van der Waals surface area contributed by atoms with Crippen LogP contribution in [-0.2, 0) is 4.74 Å². The first-order valence-corrected chi connectivity index (χ1v) is 8.63. The second-order valence-corrected chi connectivity index (χ2v) is 7.93. The first kappa shape index (κ1) is 15.1. The van der Waals surface area contributed by atoms with Crippen molar-refractivity contribution in [3.8, 4) is 0 Å². The Bertz CT molecular complexity index is 140. The lowest BCUT2D eigenvalue weighted by Crippen LogP contribution is -2.38. The van der Waals surface area contributed by atoms with E-state index < -0.39 is 14.2 Å². The molecule has 0 aromatic rings. The molecule has 0 atom stereocenters. The fraction of sp³-hybridized carbons (Fsp3) is 1.00. The summed E-state index contributed by atoms with van der Waals surface area (Å²) in [6.45, 7) is 4.69. The van der Waals surface area contributed by atoms with Gasteiger partial charge in [0.1, 0.15) is 0 Å². The van der Waals surface area contributed by atoms with Crippen LogP contribution in [0.4, 0.5) is 0 Å². The summed E-state index contributed by atoms with van der Waals surface area (Å²) in [5.74, 6) is 0. The summed E-state index contributed by atoms with van der Waals surface area (Å²) in [6, 6.07) is 1.24. The maximum Gasteiger partial charge on any atom is 0.0629 e. The van der Waals surface area contributed by atoms with E-state index >= 15 is 0 Å². The van der Waals surface area contributed by atoms with E-state index in [1.807, 2.05) is 0 Å². The predicted molar refractivity (Wildman–Crippen MR) is 62.8 cm³/mol. The Morgan fingerprint density at radius 2 is 1.60 bits per heavy atom. The van der Waals surface area contributed by atoms with E-state index in [-0.39, 0.29) is 26.4 Å². The monoisotopic (exact) mass is 236 g/mol. The first-order chi connectivity index (χ1) is 7.10. The molecule has 0 saturated heterocycles. The molecule has 92 valence electrons. The van der Waals surface area contributed by atoms with Gasteiger partial charge in [-0.1, -0.05) is 19.1 Å². The van der Waals surface area contributed by atoms with Gasteiger partial charge in [0.05, 0.1) is 31.8 Å². The number of aliphatic hydroxyl groups is 3. The summed E-state index contributed by atoms with van der Waals surface area (Å²) in [5.41, 5.74) is -0.880. The molecule has 0 spiro atoms. The average molecular weight is 236 g/mol. The summed E-state index contributed by atoms with van der Waals surface area (Å²) in [6.07, 6.45) is 1.03. The van der Waals surface area contributed by atoms with Crippen LogP contribution in [0.15, 0.2) is 0 Å². The molecule has 15 heavy (non-hydrogen) atoms. The Morgan fingerprint density at radius 3 is 2.00 bits per heavy atom. The zero-order chi connectivity index (χ0) is 11.7. The number of aliphatic hydroxyl groups excluding tert-OH is 3. The van der Waals surface area contributed by atoms with Crippen LogP contribution in [0.5, 0.6) is 0 Å². The van der Waals surface area contributed by atoms with Gasteiger partial charge >= 0.3 is 0 Å². The zero-order valence-electron chi connectivity index (χ0n) is 9.78. The van der Waals surface area contributed by atoms with Gasteiger partial charge in [0.25, 0.3) is 0 Å². The lowest BCUT2D eigenvalue weighted by atomic mass is 9.93. The molecule has 3 N–H and O–H groups in total. The van der Waals surface area contributed by atoms with Gasteiger partial charge in [-0.25, -0.2) is 0 Å². The summed E-state index contributed by atoms with van der Waals surface area (Å²) < 4.78 is 5.36. The number of hydrogen-bond acceptors (Lipinski definition) is 4. The van der Waals surface area contributed by atoms with Crippen LogP contribution in [0, 0.1) is 5.41 Å². The fourth-order valence-electron chi connectivity index (χ4n) is 1.17. The van der Waals surface area contributed by atoms with Crippen molar-refractivity contribution in [2.75, 3.05) is 33.0 Å². The van der Waals surface area contributed by atoms with E-state index in [4.69, 9.17) is 20.1 Å². The van der Waals surface area contributed by atoms with Crippen molar-refractivity contribution in [1.82, 2.24) is 0 Å². The third-order valence-corrected chi connectivity index (χ3v) is 4.05. The topological polar surface area (TPSA) is 69.9 Å². The second kappa shape index (κ2) is 8.24. The van der Waals surface area contributed by atoms with E-state index in [1.165, 1.54) is 6.04 Å². The summed E-state index contributed by atoms with van der Waals surface area (Å²) >= 11 is 0. The molecule has 0 heterocycles. The van der Waals surface area contributed by atoms with Crippen LogP contribution in [0.25, 0.3) is 0 Å². The van der Waals surface area contributed by atoms with Crippen LogP contribution in [0.1, 0.15) is 6.42 Å². The van der Waals surface area contributed by atoms with Gasteiger partial charge < -0.3 is 20.1 Å². The Morgan fingerprint density at radius 1 is 1.07 bits per heavy atom. The maximum atomic E-state index is 9.03. The Kier molecular flexibility index (Phi) is 8.27. The quantitative estimate of drug-likeness (QED) is 0.384. The lowest BCUT2D eigenvalue weighted by Gasteiger charge is -2.26. The van der Waals surface area contributed by atoms with Crippen molar-refractivity contribution in [3.05, 3.63) is 0 Å². The molecule has 0 saturated carbocycles. The molecule has 0 aliphatic rings. The van der Waals surface area contributed by atoms with E-state index in [2.05, 4.69) is 13.1 Å². The van der Waals surface area contributed by atoms with Gasteiger partial charge in [0.2, 0.25) is 0 Å². The Labute approximate surface area is 93.5 Å². The second-order valence-electron chi connectivity index (χ2n) is 4.56. The van der Waals surface area contributed by atoms with Gasteiger partial charge in [-0.05, 0) is 6.42 Å². The van der Waals surface area contributed by atoms with Gasteiger partial charge in [-0.2, -0.15) is 0 Å². The fourth-order valence-corrected chi connectivity index (χ4v) is 2.15. The molecule has 0 aliphatic heterocycles. The largest absolute Gasteiger partial charge is 0.396 e. The highest BCUT2D eigenvalue weighted by Gasteiger charge is 2.28. The van der Waals surface area contributed by atoms with E-state index in [0.29, 0.717) is 6.61 Å². The Hall–Kier alpha value is 0.0569. The third-order valence-electron chi connectivity index (χ3n) is 2.48. The van der Waals surface area contributed by atoms with Crippen molar-refractivity contribution >= 4 is 8.80 Å². The van der Waals surface area contributed by atoms with Gasteiger partial charge in [0.15, 0.2) is 0 Å². The summed E-state index contributed by atoms with van der Waals surface area (Å²) in [7, 11) is -0.505. The van der Waals surface area contributed by atoms with Crippen molar-refractivity contribution in [1.29, 1.82) is 0 Å². The zero-order valence-corrected chi connectivity index (χ0v) is 10.9. The Balaban J connectivity index is 3.63. The molecular formula is C10H24O4Si. The molecule has 5 heteroatoms. The minimum atomic E-state index is -0.880. The highest BCUT2D eigenvalue weighted by atomic mass is 28.3. The normalized spacial score (nSPS) is 12.4. The van der Waals surface area contributed by atoms with Crippen LogP contribution in [-0.4, -0.2) is 57.2 Å². The van der Waals surface area contributed by atoms with Gasteiger partial charge in [-0.3, -0.25) is 0 Å². The van der Waals surface area contributed by atoms with Crippen molar-refractivity contribution in [2.24, 2.45) is 5.41 Å². The lowest BCUT2D eigenvalue weighted by molar-refractivity contribution is -0.0575. The highest BCUT2D eigenvalue weighted by molar-refractivity contribution is 6.55. The molecule has 0 amide bonds. The minimum Gasteiger partial charge on any atom is -0.396 e. The molecule has 0 aliphatic carbocycles. The SMILES string of the molecule is C[SiH](C)CCCOCC(CO)(CO)CO. The predicted octanol–water partition coefficient (Wildman–Crippen LogP) is -0.157. The number of hydrogen-bond donors (Lipinski definition) is 3. The van der Waals surface area contributed by atoms with E-state index in [0.717, 1.165) is 6.42 Å². The third kappa shape index (κ3) is 6.27. The van der Waals surface area contributed by atoms with E-state index in [9.17, 15) is 0 Å². The first-order valence-electron chi connectivity index (χ1n) is 5.50. The summed E-state index contributed by atoms with van der Waals surface area (Å²) in [5, 5.41) is 27.1. The molecule has 0 bridgehead atoms. The smallest absolute Gasteiger partial charge is 0.0629 e. The van der Waals surface area contributed by atoms with Crippen molar-refractivity contribution in [3.63, 3.8) is 0 Å². The summed E-state index contributed by atoms with van der Waals surface area (Å²) in [4.78, 5) is 0. The standard InChI is InChI=1S/C10H24O4Si/c1-15(2)5-3-4-14-9-10(6-11,7-12)8-13/h11-13,15H,3-9H2,1-2H3. The van der Waals surface area contributed by atoms with Gasteiger partial charge in [0, 0.05) is 15.4 Å². The van der Waals surface area contributed by atoms with Crippen LogP contribution in [0.3, 0.4) is 0 Å². The average Bonchev–Trinajstić information content (AvgIpc) is 2.24. The minimum absolute atomic E-state index is 0.218. The molecule has 0 aromatic carbocycles.